The fraction of sp³-hybridized carbons (Fsp3) is 0.857. The van der Waals surface area contributed by atoms with E-state index in [0.717, 1.165) is 12.8 Å². The van der Waals surface area contributed by atoms with Crippen molar-refractivity contribution in [3.8, 4) is 0 Å². The number of carbonyl (C=O) groups excluding carboxylic acids is 2. The van der Waals surface area contributed by atoms with Gasteiger partial charge in [-0.15, -0.1) is 0 Å². The minimum Gasteiger partial charge on any atom is -0.331 e. The van der Waals surface area contributed by atoms with Crippen LogP contribution in [0.15, 0.2) is 0 Å². The quantitative estimate of drug-likeness (QED) is 0.783. The topological polar surface area (TPSA) is 49.4 Å². The normalized spacial score (nSPS) is 22.1. The molecule has 1 aliphatic heterocycles. The summed E-state index contributed by atoms with van der Waals surface area (Å²) in [4.78, 5) is 25.8. The Kier molecular flexibility index (Phi) is 5.32. The molecule has 1 N–H and O–H groups in total. The van der Waals surface area contributed by atoms with Crippen LogP contribution in [0.2, 0.25) is 0 Å². The first-order valence-electron chi connectivity index (χ1n) is 6.90. The zero-order chi connectivity index (χ0) is 13.9. The molecule has 1 saturated heterocycles. The van der Waals surface area contributed by atoms with Crippen molar-refractivity contribution in [2.75, 3.05) is 6.54 Å². The molecule has 0 radical (unpaired) electrons. The summed E-state index contributed by atoms with van der Waals surface area (Å²) in [5.41, 5.74) is 0. The van der Waals surface area contributed by atoms with Crippen LogP contribution in [0.25, 0.3) is 0 Å². The number of hydrogen-bond donors (Lipinski definition) is 1. The fourth-order valence-corrected chi connectivity index (χ4v) is 2.53. The van der Waals surface area contributed by atoms with Crippen LogP contribution in [0.3, 0.4) is 0 Å². The third kappa shape index (κ3) is 3.80. The molecule has 0 aromatic heterocycles. The number of hydrogen-bond acceptors (Lipinski definition) is 3. The monoisotopic (exact) mass is 254 g/mol. The lowest BCUT2D eigenvalue weighted by Gasteiger charge is -2.27. The van der Waals surface area contributed by atoms with Crippen LogP contribution in [-0.2, 0) is 9.59 Å². The van der Waals surface area contributed by atoms with Crippen molar-refractivity contribution < 1.29 is 9.59 Å². The summed E-state index contributed by atoms with van der Waals surface area (Å²) < 4.78 is 0. The molecule has 0 aromatic rings. The summed E-state index contributed by atoms with van der Waals surface area (Å²) in [5.74, 6) is 0.607. The molecular formula is C14H26N2O2. The van der Waals surface area contributed by atoms with Crippen molar-refractivity contribution >= 4 is 11.7 Å². The summed E-state index contributed by atoms with van der Waals surface area (Å²) >= 11 is 0. The predicted octanol–water partition coefficient (Wildman–Crippen LogP) is 1.59. The molecule has 0 saturated carbocycles. The first-order valence-corrected chi connectivity index (χ1v) is 6.90. The number of carbonyl (C=O) groups is 2. The lowest BCUT2D eigenvalue weighted by Crippen LogP contribution is -2.47. The Balaban J connectivity index is 2.71. The summed E-state index contributed by atoms with van der Waals surface area (Å²) in [7, 11) is 0. The maximum absolute atomic E-state index is 12.3. The second-order valence-corrected chi connectivity index (χ2v) is 5.95. The smallest absolute Gasteiger partial charge is 0.240 e. The van der Waals surface area contributed by atoms with E-state index in [-0.39, 0.29) is 23.8 Å². The molecule has 1 aliphatic rings. The molecule has 4 nitrogen and oxygen atoms in total. The van der Waals surface area contributed by atoms with E-state index in [4.69, 9.17) is 0 Å². The van der Waals surface area contributed by atoms with Gasteiger partial charge in [0, 0.05) is 12.6 Å². The van der Waals surface area contributed by atoms with E-state index < -0.39 is 0 Å². The van der Waals surface area contributed by atoms with E-state index in [0.29, 0.717) is 18.5 Å². The third-order valence-corrected chi connectivity index (χ3v) is 3.31. The van der Waals surface area contributed by atoms with Gasteiger partial charge < -0.3 is 10.2 Å². The summed E-state index contributed by atoms with van der Waals surface area (Å²) in [6.45, 7) is 10.5. The summed E-state index contributed by atoms with van der Waals surface area (Å²) in [6, 6.07) is -0.0600. The fourth-order valence-electron chi connectivity index (χ4n) is 2.53. The Labute approximate surface area is 110 Å². The van der Waals surface area contributed by atoms with Crippen molar-refractivity contribution in [1.29, 1.82) is 0 Å². The second kappa shape index (κ2) is 6.32. The van der Waals surface area contributed by atoms with Crippen LogP contribution in [0.5, 0.6) is 0 Å². The molecule has 0 aliphatic carbocycles. The molecule has 1 heterocycles. The van der Waals surface area contributed by atoms with Crippen molar-refractivity contribution in [3.63, 3.8) is 0 Å². The zero-order valence-corrected chi connectivity index (χ0v) is 12.2. The van der Waals surface area contributed by atoms with Gasteiger partial charge in [-0.05, 0) is 25.7 Å². The highest BCUT2D eigenvalue weighted by Gasteiger charge is 2.37. The van der Waals surface area contributed by atoms with Gasteiger partial charge in [-0.2, -0.15) is 0 Å². The Bertz CT molecular complexity index is 313. The summed E-state index contributed by atoms with van der Waals surface area (Å²) in [6.07, 6.45) is 1.56. The molecule has 18 heavy (non-hydrogen) atoms. The lowest BCUT2D eigenvalue weighted by atomic mass is 10.00. The van der Waals surface area contributed by atoms with Gasteiger partial charge in [0.05, 0.1) is 12.1 Å². The number of Topliss-reactive ketones (excluding diaryl/α,β-unsaturated/α-hetero) is 1. The van der Waals surface area contributed by atoms with Crippen molar-refractivity contribution in [1.82, 2.24) is 10.2 Å². The molecule has 0 bridgehead atoms. The van der Waals surface area contributed by atoms with Gasteiger partial charge in [0.25, 0.3) is 0 Å². The Hall–Kier alpha value is -0.900. The number of nitrogens with one attached hydrogen (secondary N) is 1. The van der Waals surface area contributed by atoms with E-state index in [9.17, 15) is 9.59 Å². The van der Waals surface area contributed by atoms with Crippen LogP contribution < -0.4 is 5.32 Å². The zero-order valence-electron chi connectivity index (χ0n) is 12.2. The van der Waals surface area contributed by atoms with Crippen molar-refractivity contribution in [2.45, 2.75) is 65.6 Å². The van der Waals surface area contributed by atoms with Gasteiger partial charge in [0.15, 0.2) is 5.78 Å². The maximum atomic E-state index is 12.3. The Morgan fingerprint density at radius 1 is 1.39 bits per heavy atom. The lowest BCUT2D eigenvalue weighted by molar-refractivity contribution is -0.137. The number of rotatable bonds is 6. The van der Waals surface area contributed by atoms with Crippen LogP contribution in [-0.4, -0.2) is 41.3 Å². The van der Waals surface area contributed by atoms with E-state index in [2.05, 4.69) is 19.2 Å². The molecule has 2 atom stereocenters. The highest BCUT2D eigenvalue weighted by atomic mass is 16.2. The maximum Gasteiger partial charge on any atom is 0.240 e. The third-order valence-electron chi connectivity index (χ3n) is 3.31. The minimum atomic E-state index is -0.239. The molecule has 1 rings (SSSR count). The van der Waals surface area contributed by atoms with E-state index >= 15 is 0 Å². The average Bonchev–Trinajstić information content (AvgIpc) is 2.56. The molecule has 4 heteroatoms. The molecule has 0 spiro atoms. The van der Waals surface area contributed by atoms with E-state index in [1.165, 1.54) is 0 Å². The van der Waals surface area contributed by atoms with Gasteiger partial charge in [0.2, 0.25) is 5.91 Å². The predicted molar refractivity (Wildman–Crippen MR) is 72.3 cm³/mol. The molecular weight excluding hydrogens is 228 g/mol. The first-order chi connectivity index (χ1) is 8.32. The van der Waals surface area contributed by atoms with Crippen LogP contribution in [0.1, 0.15) is 47.5 Å². The van der Waals surface area contributed by atoms with Crippen LogP contribution in [0, 0.1) is 5.92 Å². The molecule has 1 fully saturated rings. The highest BCUT2D eigenvalue weighted by Crippen LogP contribution is 2.20. The van der Waals surface area contributed by atoms with Crippen molar-refractivity contribution in [3.05, 3.63) is 0 Å². The summed E-state index contributed by atoms with van der Waals surface area (Å²) in [5, 5.41) is 3.27. The van der Waals surface area contributed by atoms with Gasteiger partial charge in [-0.1, -0.05) is 27.7 Å². The average molecular weight is 254 g/mol. The molecule has 0 unspecified atom stereocenters. The van der Waals surface area contributed by atoms with Crippen LogP contribution >= 0.6 is 0 Å². The molecule has 1 amide bonds. The minimum absolute atomic E-state index is 0.0875. The molecule has 104 valence electrons. The SMILES string of the molecule is CC(=O)[C@H](CC(C)C)N1CC[C@@H](NC(C)C)C1=O. The van der Waals surface area contributed by atoms with E-state index in [1.807, 2.05) is 13.8 Å². The number of likely N-dealkylation sites (tertiary alicyclic amines) is 1. The number of ketones is 1. The Morgan fingerprint density at radius 3 is 2.44 bits per heavy atom. The number of amides is 1. The molecule has 0 aromatic carbocycles. The first kappa shape index (κ1) is 15.2. The van der Waals surface area contributed by atoms with Gasteiger partial charge in [0.1, 0.15) is 0 Å². The van der Waals surface area contributed by atoms with Gasteiger partial charge in [-0.3, -0.25) is 9.59 Å². The van der Waals surface area contributed by atoms with Gasteiger partial charge in [-0.25, -0.2) is 0 Å². The van der Waals surface area contributed by atoms with Crippen molar-refractivity contribution in [2.24, 2.45) is 5.92 Å². The number of nitrogens with zero attached hydrogens (tertiary/aromatic N) is 1. The standard InChI is InChI=1S/C14H26N2O2/c1-9(2)8-13(11(5)17)16-7-6-12(14(16)18)15-10(3)4/h9-10,12-13,15H,6-8H2,1-5H3/t12-,13+/m1/s1. The Morgan fingerprint density at radius 2 is 2.00 bits per heavy atom. The largest absolute Gasteiger partial charge is 0.331 e. The van der Waals surface area contributed by atoms with E-state index in [1.54, 1.807) is 11.8 Å². The van der Waals surface area contributed by atoms with Gasteiger partial charge >= 0.3 is 0 Å². The van der Waals surface area contributed by atoms with Crippen LogP contribution in [0.4, 0.5) is 0 Å². The highest BCUT2D eigenvalue weighted by molar-refractivity contribution is 5.91. The second-order valence-electron chi connectivity index (χ2n) is 5.95.